The average molecular weight is 363 g/mol. The molecule has 3 nitrogen and oxygen atoms in total. The Balaban J connectivity index is 2.33. The fraction of sp³-hybridized carbons (Fsp3) is 0.188. The standard InChI is InChI=1S/C16H11F6NO2/c17-15(18,19)12-6-3-10(7-13(12)16(20,21)22)14(25)23-11-4-1-9(8-24)2-5-11/h1-7,24H,8H2,(H,23,25). The van der Waals surface area contributed by atoms with Gasteiger partial charge < -0.3 is 10.4 Å². The molecule has 9 heteroatoms. The molecule has 25 heavy (non-hydrogen) atoms. The van der Waals surface area contributed by atoms with Crippen LogP contribution in [0.1, 0.15) is 27.0 Å². The molecule has 2 aromatic rings. The Hall–Kier alpha value is -2.55. The molecule has 0 fully saturated rings. The smallest absolute Gasteiger partial charge is 0.392 e. The topological polar surface area (TPSA) is 49.3 Å². The van der Waals surface area contributed by atoms with E-state index in [9.17, 15) is 31.1 Å². The molecule has 0 aliphatic carbocycles. The van der Waals surface area contributed by atoms with Gasteiger partial charge in [-0.1, -0.05) is 12.1 Å². The molecule has 0 unspecified atom stereocenters. The predicted octanol–water partition coefficient (Wildman–Crippen LogP) is 4.47. The Morgan fingerprint density at radius 3 is 1.92 bits per heavy atom. The number of carbonyl (C=O) groups excluding carboxylic acids is 1. The van der Waals surface area contributed by atoms with Crippen LogP contribution >= 0.6 is 0 Å². The van der Waals surface area contributed by atoms with Crippen LogP contribution in [0.4, 0.5) is 32.0 Å². The van der Waals surface area contributed by atoms with Crippen LogP contribution in [0.5, 0.6) is 0 Å². The molecule has 2 rings (SSSR count). The minimum Gasteiger partial charge on any atom is -0.392 e. The first kappa shape index (κ1) is 18.8. The molecule has 0 saturated heterocycles. The number of aliphatic hydroxyl groups is 1. The van der Waals surface area contributed by atoms with E-state index in [2.05, 4.69) is 5.32 Å². The summed E-state index contributed by atoms with van der Waals surface area (Å²) in [5, 5.41) is 11.2. The molecule has 0 aliphatic rings. The number of anilines is 1. The van der Waals surface area contributed by atoms with Crippen LogP contribution in [-0.2, 0) is 19.0 Å². The number of rotatable bonds is 3. The van der Waals surface area contributed by atoms with Crippen LogP contribution in [0.3, 0.4) is 0 Å². The normalized spacial score (nSPS) is 12.1. The number of carbonyl (C=O) groups is 1. The van der Waals surface area contributed by atoms with Gasteiger partial charge >= 0.3 is 12.4 Å². The van der Waals surface area contributed by atoms with E-state index in [4.69, 9.17) is 5.11 Å². The second kappa shape index (κ2) is 6.75. The number of halogens is 6. The Kier molecular flexibility index (Phi) is 5.07. The number of alkyl halides is 6. The number of hydrogen-bond donors (Lipinski definition) is 2. The minimum absolute atomic E-state index is 0.167. The highest BCUT2D eigenvalue weighted by atomic mass is 19.4. The van der Waals surface area contributed by atoms with Crippen molar-refractivity contribution in [3.05, 3.63) is 64.7 Å². The van der Waals surface area contributed by atoms with E-state index in [0.29, 0.717) is 11.6 Å². The van der Waals surface area contributed by atoms with Crippen molar-refractivity contribution in [2.45, 2.75) is 19.0 Å². The summed E-state index contributed by atoms with van der Waals surface area (Å²) < 4.78 is 76.8. The summed E-state index contributed by atoms with van der Waals surface area (Å²) >= 11 is 0. The van der Waals surface area contributed by atoms with Crippen LogP contribution in [0.2, 0.25) is 0 Å². The van der Waals surface area contributed by atoms with Crippen LogP contribution in [-0.4, -0.2) is 11.0 Å². The molecule has 0 aliphatic heterocycles. The van der Waals surface area contributed by atoms with E-state index in [-0.39, 0.29) is 24.4 Å². The fourth-order valence-corrected chi connectivity index (χ4v) is 2.06. The van der Waals surface area contributed by atoms with Gasteiger partial charge in [0.25, 0.3) is 5.91 Å². The van der Waals surface area contributed by atoms with Crippen molar-refractivity contribution in [1.29, 1.82) is 0 Å². The summed E-state index contributed by atoms with van der Waals surface area (Å²) in [6, 6.07) is 6.83. The molecule has 0 aromatic heterocycles. The lowest BCUT2D eigenvalue weighted by atomic mass is 10.0. The lowest BCUT2D eigenvalue weighted by Crippen LogP contribution is -2.19. The van der Waals surface area contributed by atoms with Crippen LogP contribution in [0, 0.1) is 0 Å². The average Bonchev–Trinajstić information content (AvgIpc) is 2.53. The molecule has 1 amide bonds. The molecular weight excluding hydrogens is 352 g/mol. The third kappa shape index (κ3) is 4.50. The van der Waals surface area contributed by atoms with E-state index in [1.54, 1.807) is 0 Å². The van der Waals surface area contributed by atoms with Crippen molar-refractivity contribution in [1.82, 2.24) is 0 Å². The molecule has 0 saturated carbocycles. The van der Waals surface area contributed by atoms with Crippen molar-refractivity contribution in [2.75, 3.05) is 5.32 Å². The van der Waals surface area contributed by atoms with Gasteiger partial charge in [0.2, 0.25) is 0 Å². The maximum Gasteiger partial charge on any atom is 0.417 e. The highest BCUT2D eigenvalue weighted by Crippen LogP contribution is 2.40. The highest BCUT2D eigenvalue weighted by Gasteiger charge is 2.43. The van der Waals surface area contributed by atoms with Crippen molar-refractivity contribution < 1.29 is 36.2 Å². The predicted molar refractivity (Wildman–Crippen MR) is 76.8 cm³/mol. The number of hydrogen-bond acceptors (Lipinski definition) is 2. The molecule has 0 heterocycles. The first-order valence-corrected chi connectivity index (χ1v) is 6.82. The van der Waals surface area contributed by atoms with Gasteiger partial charge in [0.1, 0.15) is 0 Å². The molecule has 0 bridgehead atoms. The van der Waals surface area contributed by atoms with E-state index < -0.39 is 35.0 Å². The third-order valence-corrected chi connectivity index (χ3v) is 3.29. The Morgan fingerprint density at radius 1 is 0.880 bits per heavy atom. The molecule has 0 radical (unpaired) electrons. The summed E-state index contributed by atoms with van der Waals surface area (Å²) in [7, 11) is 0. The fourth-order valence-electron chi connectivity index (χ4n) is 2.06. The molecule has 134 valence electrons. The second-order valence-electron chi connectivity index (χ2n) is 5.07. The highest BCUT2D eigenvalue weighted by molar-refractivity contribution is 6.04. The number of nitrogens with one attached hydrogen (secondary N) is 1. The maximum absolute atomic E-state index is 12.9. The van der Waals surface area contributed by atoms with E-state index in [0.717, 1.165) is 0 Å². The first-order valence-electron chi connectivity index (χ1n) is 6.82. The molecule has 0 spiro atoms. The number of amides is 1. The second-order valence-corrected chi connectivity index (χ2v) is 5.07. The Morgan fingerprint density at radius 2 is 1.44 bits per heavy atom. The van der Waals surface area contributed by atoms with E-state index >= 15 is 0 Å². The van der Waals surface area contributed by atoms with Gasteiger partial charge in [-0.25, -0.2) is 0 Å². The van der Waals surface area contributed by atoms with Gasteiger partial charge in [0, 0.05) is 11.3 Å². The Bertz CT molecular complexity index is 766. The van der Waals surface area contributed by atoms with Gasteiger partial charge in [-0.2, -0.15) is 26.3 Å². The lowest BCUT2D eigenvalue weighted by Gasteiger charge is -2.16. The van der Waals surface area contributed by atoms with Gasteiger partial charge in [0.15, 0.2) is 0 Å². The third-order valence-electron chi connectivity index (χ3n) is 3.29. The van der Waals surface area contributed by atoms with Gasteiger partial charge in [0.05, 0.1) is 17.7 Å². The minimum atomic E-state index is -5.26. The molecule has 2 N–H and O–H groups in total. The zero-order valence-electron chi connectivity index (χ0n) is 12.4. The molecule has 2 aromatic carbocycles. The SMILES string of the molecule is O=C(Nc1ccc(CO)cc1)c1ccc(C(F)(F)F)c(C(F)(F)F)c1. The summed E-state index contributed by atoms with van der Waals surface area (Å²) in [6.07, 6.45) is -10.5. The monoisotopic (exact) mass is 363 g/mol. The van der Waals surface area contributed by atoms with Crippen molar-refractivity contribution >= 4 is 11.6 Å². The largest absolute Gasteiger partial charge is 0.417 e. The summed E-state index contributed by atoms with van der Waals surface area (Å²) in [5.41, 5.74) is -3.58. The first-order chi connectivity index (χ1) is 11.5. The van der Waals surface area contributed by atoms with Gasteiger partial charge in [-0.3, -0.25) is 4.79 Å². The quantitative estimate of drug-likeness (QED) is 0.791. The summed E-state index contributed by atoms with van der Waals surface area (Å²) in [4.78, 5) is 12.0. The maximum atomic E-state index is 12.9. The van der Waals surface area contributed by atoms with Crippen LogP contribution in [0.25, 0.3) is 0 Å². The number of aliphatic hydroxyl groups excluding tert-OH is 1. The molecular formula is C16H11F6NO2. The van der Waals surface area contributed by atoms with E-state index in [1.807, 2.05) is 0 Å². The summed E-state index contributed by atoms with van der Waals surface area (Å²) in [6.45, 7) is -0.234. The van der Waals surface area contributed by atoms with Crippen molar-refractivity contribution in [3.8, 4) is 0 Å². The summed E-state index contributed by atoms with van der Waals surface area (Å²) in [5.74, 6) is -0.990. The zero-order valence-corrected chi connectivity index (χ0v) is 12.4. The van der Waals surface area contributed by atoms with Gasteiger partial charge in [-0.15, -0.1) is 0 Å². The number of benzene rings is 2. The van der Waals surface area contributed by atoms with Crippen molar-refractivity contribution in [2.24, 2.45) is 0 Å². The Labute approximate surface area is 137 Å². The lowest BCUT2D eigenvalue weighted by molar-refractivity contribution is -0.162. The van der Waals surface area contributed by atoms with Crippen LogP contribution in [0.15, 0.2) is 42.5 Å². The van der Waals surface area contributed by atoms with Crippen molar-refractivity contribution in [3.63, 3.8) is 0 Å². The van der Waals surface area contributed by atoms with Crippen LogP contribution < -0.4 is 5.32 Å². The zero-order chi connectivity index (χ0) is 18.8. The van der Waals surface area contributed by atoms with E-state index in [1.165, 1.54) is 24.3 Å². The molecule has 0 atom stereocenters. The van der Waals surface area contributed by atoms with Gasteiger partial charge in [-0.05, 0) is 35.9 Å².